The minimum Gasteiger partial charge on any atom is -0.464 e. The van der Waals surface area contributed by atoms with Crippen LogP contribution in [0, 0.1) is 12.8 Å². The summed E-state index contributed by atoms with van der Waals surface area (Å²) in [6.07, 6.45) is 0. The molecule has 0 aliphatic carbocycles. The van der Waals surface area contributed by atoms with Crippen LogP contribution in [0.4, 0.5) is 0 Å². The van der Waals surface area contributed by atoms with Crippen LogP contribution < -0.4 is 5.32 Å². The minimum absolute atomic E-state index is 0.00722. The zero-order valence-electron chi connectivity index (χ0n) is 13.8. The maximum atomic E-state index is 12.7. The van der Waals surface area contributed by atoms with E-state index in [9.17, 15) is 9.59 Å². The van der Waals surface area contributed by atoms with E-state index in [1.54, 1.807) is 18.0 Å². The van der Waals surface area contributed by atoms with Crippen LogP contribution in [0.1, 0.15) is 35.0 Å². The molecule has 1 unspecified atom stereocenters. The number of amides is 2. The third-order valence-electron chi connectivity index (χ3n) is 3.53. The number of furan rings is 1. The lowest BCUT2D eigenvalue weighted by Gasteiger charge is -2.26. The molecule has 23 heavy (non-hydrogen) atoms. The van der Waals surface area contributed by atoms with Crippen molar-refractivity contribution >= 4 is 23.2 Å². The van der Waals surface area contributed by atoms with Gasteiger partial charge >= 0.3 is 0 Å². The summed E-state index contributed by atoms with van der Waals surface area (Å²) in [5.41, 5.74) is 0. The van der Waals surface area contributed by atoms with Gasteiger partial charge in [-0.05, 0) is 36.4 Å². The Labute approximate surface area is 140 Å². The van der Waals surface area contributed by atoms with Crippen molar-refractivity contribution in [2.45, 2.75) is 33.4 Å². The number of nitrogens with zero attached hydrogens (tertiary/aromatic N) is 1. The van der Waals surface area contributed by atoms with Crippen molar-refractivity contribution in [3.05, 3.63) is 46.0 Å². The first-order valence-electron chi connectivity index (χ1n) is 7.53. The van der Waals surface area contributed by atoms with Crippen molar-refractivity contribution in [2.75, 3.05) is 7.05 Å². The van der Waals surface area contributed by atoms with E-state index in [-0.39, 0.29) is 17.7 Å². The fourth-order valence-corrected chi connectivity index (χ4v) is 2.88. The first kappa shape index (κ1) is 17.3. The van der Waals surface area contributed by atoms with Crippen LogP contribution in [-0.4, -0.2) is 29.8 Å². The molecule has 2 rings (SSSR count). The fraction of sp³-hybridized carbons (Fsp3) is 0.412. The van der Waals surface area contributed by atoms with E-state index in [4.69, 9.17) is 4.42 Å². The Morgan fingerprint density at radius 3 is 2.57 bits per heavy atom. The van der Waals surface area contributed by atoms with Gasteiger partial charge in [-0.25, -0.2) is 0 Å². The van der Waals surface area contributed by atoms with E-state index in [1.165, 1.54) is 11.3 Å². The molecule has 2 aromatic rings. The van der Waals surface area contributed by atoms with E-state index in [2.05, 4.69) is 5.32 Å². The molecule has 0 spiro atoms. The second kappa shape index (κ2) is 7.46. The van der Waals surface area contributed by atoms with Crippen LogP contribution in [0.15, 0.2) is 34.1 Å². The number of hydrogen-bond donors (Lipinski definition) is 1. The van der Waals surface area contributed by atoms with Gasteiger partial charge in [-0.1, -0.05) is 19.9 Å². The smallest absolute Gasteiger partial charge is 0.262 e. The summed E-state index contributed by atoms with van der Waals surface area (Å²) in [6, 6.07) is 6.72. The molecule has 0 aromatic carbocycles. The predicted octanol–water partition coefficient (Wildman–Crippen LogP) is 3.06. The third kappa shape index (κ3) is 4.45. The third-order valence-corrected chi connectivity index (χ3v) is 4.40. The Kier molecular flexibility index (Phi) is 5.60. The highest BCUT2D eigenvalue weighted by Crippen LogP contribution is 2.14. The first-order chi connectivity index (χ1) is 10.9. The highest BCUT2D eigenvalue weighted by Gasteiger charge is 2.28. The van der Waals surface area contributed by atoms with Crippen LogP contribution >= 0.6 is 11.3 Å². The summed E-state index contributed by atoms with van der Waals surface area (Å²) < 4.78 is 5.50. The molecule has 6 heteroatoms. The lowest BCUT2D eigenvalue weighted by atomic mass is 10.0. The molecule has 1 atom stereocenters. The Hall–Kier alpha value is -2.08. The molecule has 2 heterocycles. The molecule has 2 aromatic heterocycles. The molecular weight excluding hydrogens is 312 g/mol. The zero-order valence-corrected chi connectivity index (χ0v) is 14.6. The number of likely N-dealkylation sites (N-methyl/N-ethyl adjacent to an activating group) is 1. The summed E-state index contributed by atoms with van der Waals surface area (Å²) >= 11 is 1.36. The maximum Gasteiger partial charge on any atom is 0.262 e. The standard InChI is InChI=1S/C17H22N2O3S/c1-11(2)15(18-16(20)14-6-5-9-23-14)17(21)19(4)10-13-8-7-12(3)22-13/h5-9,11,15H,10H2,1-4H3,(H,18,20). The Morgan fingerprint density at radius 1 is 1.30 bits per heavy atom. The second-order valence-electron chi connectivity index (χ2n) is 5.88. The van der Waals surface area contributed by atoms with Crippen LogP contribution in [0.2, 0.25) is 0 Å². The van der Waals surface area contributed by atoms with Crippen molar-refractivity contribution < 1.29 is 14.0 Å². The van der Waals surface area contributed by atoms with Gasteiger partial charge in [-0.2, -0.15) is 0 Å². The molecule has 5 nitrogen and oxygen atoms in total. The quantitative estimate of drug-likeness (QED) is 0.883. The highest BCUT2D eigenvalue weighted by atomic mass is 32.1. The first-order valence-corrected chi connectivity index (χ1v) is 8.41. The average Bonchev–Trinajstić information content (AvgIpc) is 3.15. The number of aryl methyl sites for hydroxylation is 1. The number of thiophene rings is 1. The summed E-state index contributed by atoms with van der Waals surface area (Å²) in [5, 5.41) is 4.68. The summed E-state index contributed by atoms with van der Waals surface area (Å²) in [7, 11) is 1.72. The topological polar surface area (TPSA) is 62.6 Å². The number of carbonyl (C=O) groups is 2. The summed E-state index contributed by atoms with van der Waals surface area (Å²) in [6.45, 7) is 6.08. The van der Waals surface area contributed by atoms with Crippen LogP contribution in [-0.2, 0) is 11.3 Å². The second-order valence-corrected chi connectivity index (χ2v) is 6.83. The monoisotopic (exact) mass is 334 g/mol. The van der Waals surface area contributed by atoms with Crippen LogP contribution in [0.5, 0.6) is 0 Å². The molecule has 0 saturated carbocycles. The molecule has 0 fully saturated rings. The van der Waals surface area contributed by atoms with Gasteiger partial charge in [0.05, 0.1) is 11.4 Å². The van der Waals surface area contributed by atoms with Gasteiger partial charge in [0, 0.05) is 7.05 Å². The highest BCUT2D eigenvalue weighted by molar-refractivity contribution is 7.12. The molecule has 0 aliphatic rings. The van der Waals surface area contributed by atoms with Gasteiger partial charge in [-0.3, -0.25) is 9.59 Å². The van der Waals surface area contributed by atoms with Crippen molar-refractivity contribution in [1.29, 1.82) is 0 Å². The van der Waals surface area contributed by atoms with Gasteiger partial charge in [-0.15, -0.1) is 11.3 Å². The normalized spacial score (nSPS) is 12.2. The molecule has 1 N–H and O–H groups in total. The summed E-state index contributed by atoms with van der Waals surface area (Å²) in [5.74, 6) is 1.19. The van der Waals surface area contributed by atoms with E-state index in [0.29, 0.717) is 11.4 Å². The van der Waals surface area contributed by atoms with Crippen molar-refractivity contribution in [3.63, 3.8) is 0 Å². The van der Waals surface area contributed by atoms with Gasteiger partial charge in [0.1, 0.15) is 17.6 Å². The SMILES string of the molecule is Cc1ccc(CN(C)C(=O)C(NC(=O)c2cccs2)C(C)C)o1. The molecule has 2 amide bonds. The van der Waals surface area contributed by atoms with Crippen molar-refractivity contribution in [1.82, 2.24) is 10.2 Å². The average molecular weight is 334 g/mol. The molecule has 0 bridgehead atoms. The van der Waals surface area contributed by atoms with E-state index in [0.717, 1.165) is 11.5 Å². The Morgan fingerprint density at radius 2 is 2.04 bits per heavy atom. The van der Waals surface area contributed by atoms with E-state index >= 15 is 0 Å². The lowest BCUT2D eigenvalue weighted by Crippen LogP contribution is -2.49. The molecule has 0 saturated heterocycles. The van der Waals surface area contributed by atoms with E-state index < -0.39 is 6.04 Å². The van der Waals surface area contributed by atoms with Gasteiger partial charge in [0.25, 0.3) is 5.91 Å². The van der Waals surface area contributed by atoms with Crippen LogP contribution in [0.3, 0.4) is 0 Å². The number of carbonyl (C=O) groups excluding carboxylic acids is 2. The number of nitrogens with one attached hydrogen (secondary N) is 1. The van der Waals surface area contributed by atoms with Gasteiger partial charge in [0.15, 0.2) is 0 Å². The lowest BCUT2D eigenvalue weighted by molar-refractivity contribution is -0.133. The fourth-order valence-electron chi connectivity index (χ4n) is 2.25. The number of hydrogen-bond acceptors (Lipinski definition) is 4. The van der Waals surface area contributed by atoms with Crippen molar-refractivity contribution in [3.8, 4) is 0 Å². The molecule has 0 radical (unpaired) electrons. The largest absolute Gasteiger partial charge is 0.464 e. The number of rotatable bonds is 6. The molecule has 0 aliphatic heterocycles. The molecule has 124 valence electrons. The van der Waals surface area contributed by atoms with Gasteiger partial charge < -0.3 is 14.6 Å². The minimum atomic E-state index is -0.564. The van der Waals surface area contributed by atoms with Crippen molar-refractivity contribution in [2.24, 2.45) is 5.92 Å². The van der Waals surface area contributed by atoms with Gasteiger partial charge in [0.2, 0.25) is 5.91 Å². The van der Waals surface area contributed by atoms with E-state index in [1.807, 2.05) is 44.4 Å². The summed E-state index contributed by atoms with van der Waals surface area (Å²) in [4.78, 5) is 27.1. The maximum absolute atomic E-state index is 12.7. The molecular formula is C17H22N2O3S. The predicted molar refractivity (Wildman–Crippen MR) is 90.3 cm³/mol. The Bertz CT molecular complexity index is 661. The Balaban J connectivity index is 2.04. The zero-order chi connectivity index (χ0) is 17.0. The van der Waals surface area contributed by atoms with Crippen LogP contribution in [0.25, 0.3) is 0 Å².